The van der Waals surface area contributed by atoms with Gasteiger partial charge in [0.2, 0.25) is 12.0 Å². The molecule has 0 amide bonds. The predicted octanol–water partition coefficient (Wildman–Crippen LogP) is 2.71. The third kappa shape index (κ3) is 6.90. The summed E-state index contributed by atoms with van der Waals surface area (Å²) in [5.74, 6) is 5.56. The molecule has 4 bridgehead atoms. The molecule has 17 heteroatoms. The highest BCUT2D eigenvalue weighted by Crippen LogP contribution is 2.61. The lowest BCUT2D eigenvalue weighted by Gasteiger charge is -2.48. The number of carbonyl (C=O) groups excluding carboxylic acids is 1. The van der Waals surface area contributed by atoms with Crippen LogP contribution in [0.3, 0.4) is 0 Å². The van der Waals surface area contributed by atoms with Crippen LogP contribution in [0.25, 0.3) is 10.9 Å². The molecule has 1 saturated heterocycles. The van der Waals surface area contributed by atoms with Crippen LogP contribution in [-0.2, 0) is 32.0 Å². The summed E-state index contributed by atoms with van der Waals surface area (Å²) in [5.41, 5.74) is 14.7. The van der Waals surface area contributed by atoms with Crippen LogP contribution in [0.4, 0.5) is 0 Å². The standard InChI is InChI=1S/C46H46N4O13/c1-57-29-11-10-26-35-37-24(22-7-3-2-4-8-22)9-5-6-16-58-39(29)38(26)62-40(35)34-27(20-50-19-23-13-15-49-28(23)21-50)25-12-14-46(56)43(55)36(54)41(42(44(47)48)61-33(53)18-32(51)52)63-45(46)60-30(25)17-31(34)59-37/h2-4,7-8,10-11,13,15,17,19,21,24,35-37,40-45,49,54-56H,6,12,14,16,18,20,47-48H2,1H3,(H,51,52)/t24-,35+,36+,37+,40-,41-,42-,43-,45+,46+/m0/s1. The Morgan fingerprint density at radius 3 is 2.63 bits per heavy atom. The zero-order valence-corrected chi connectivity index (χ0v) is 34.0. The Bertz CT molecular complexity index is 2620. The second-order valence-electron chi connectivity index (χ2n) is 16.6. The molecule has 0 unspecified atom stereocenters. The van der Waals surface area contributed by atoms with Gasteiger partial charge in [0.25, 0.3) is 0 Å². The van der Waals surface area contributed by atoms with E-state index in [0.29, 0.717) is 48.1 Å². The minimum atomic E-state index is -2.22. The number of nitrogens with one attached hydrogen (secondary N) is 1. The molecule has 10 rings (SSSR count). The molecule has 0 saturated carbocycles. The van der Waals surface area contributed by atoms with E-state index in [1.807, 2.05) is 71.7 Å². The third-order valence-electron chi connectivity index (χ3n) is 12.8. The minimum absolute atomic E-state index is 0.128. The first kappa shape index (κ1) is 40.8. The molecule has 5 aliphatic rings. The molecule has 5 aliphatic heterocycles. The number of nitrogens with two attached hydrogens (primary N) is 2. The number of esters is 1. The Morgan fingerprint density at radius 2 is 1.87 bits per heavy atom. The summed E-state index contributed by atoms with van der Waals surface area (Å²) in [4.78, 5) is 27.1. The number of hydrogen-bond acceptors (Lipinski definition) is 14. The molecule has 10 atom stereocenters. The summed E-state index contributed by atoms with van der Waals surface area (Å²) < 4.78 is 46.7. The number of carboxylic acids is 1. The number of fused-ring (bicyclic) bond motifs is 5. The van der Waals surface area contributed by atoms with Gasteiger partial charge in [0.1, 0.15) is 48.4 Å². The van der Waals surface area contributed by atoms with Gasteiger partial charge in [0.15, 0.2) is 23.2 Å². The molecule has 0 radical (unpaired) electrons. The summed E-state index contributed by atoms with van der Waals surface area (Å²) >= 11 is 0. The lowest BCUT2D eigenvalue weighted by atomic mass is 9.75. The van der Waals surface area contributed by atoms with E-state index < -0.39 is 84.9 Å². The van der Waals surface area contributed by atoms with Crippen LogP contribution >= 0.6 is 0 Å². The van der Waals surface area contributed by atoms with Crippen LogP contribution in [-0.4, -0.2) is 104 Å². The van der Waals surface area contributed by atoms with Gasteiger partial charge in [0.05, 0.1) is 37.2 Å². The number of benzene rings is 3. The fourth-order valence-electron chi connectivity index (χ4n) is 9.82. The molecular weight excluding hydrogens is 817 g/mol. The van der Waals surface area contributed by atoms with Crippen molar-refractivity contribution < 1.29 is 63.2 Å². The number of methoxy groups -OCH3 is 1. The average molecular weight is 863 g/mol. The van der Waals surface area contributed by atoms with Crippen molar-refractivity contribution in [3.63, 3.8) is 0 Å². The van der Waals surface area contributed by atoms with Gasteiger partial charge in [0, 0.05) is 59.7 Å². The third-order valence-corrected chi connectivity index (χ3v) is 12.8. The highest BCUT2D eigenvalue weighted by molar-refractivity contribution is 5.90. The van der Waals surface area contributed by atoms with E-state index in [2.05, 4.69) is 16.8 Å². The lowest BCUT2D eigenvalue weighted by molar-refractivity contribution is -0.329. The normalized spacial score (nSPS) is 28.2. The van der Waals surface area contributed by atoms with Crippen molar-refractivity contribution in [3.05, 3.63) is 101 Å². The number of aromatic nitrogens is 2. The van der Waals surface area contributed by atoms with Crippen molar-refractivity contribution in [1.29, 1.82) is 0 Å². The van der Waals surface area contributed by atoms with Gasteiger partial charge in [-0.15, -0.1) is 0 Å². The number of carboxylic acid groups (broad SMARTS) is 1. The predicted molar refractivity (Wildman–Crippen MR) is 221 cm³/mol. The Morgan fingerprint density at radius 1 is 1.05 bits per heavy atom. The summed E-state index contributed by atoms with van der Waals surface area (Å²) in [5, 5.41) is 45.6. The quantitative estimate of drug-likeness (QED) is 0.0487. The number of ether oxygens (including phenoxy) is 7. The zero-order valence-electron chi connectivity index (χ0n) is 34.0. The summed E-state index contributed by atoms with van der Waals surface area (Å²) in [6, 6.07) is 17.5. The van der Waals surface area contributed by atoms with Crippen LogP contribution in [0.1, 0.15) is 65.0 Å². The maximum Gasteiger partial charge on any atom is 0.317 e. The molecule has 7 heterocycles. The van der Waals surface area contributed by atoms with E-state index in [9.17, 15) is 30.0 Å². The van der Waals surface area contributed by atoms with Crippen molar-refractivity contribution in [2.24, 2.45) is 11.5 Å². The van der Waals surface area contributed by atoms with E-state index in [1.54, 1.807) is 13.2 Å². The molecule has 5 aromatic rings. The van der Waals surface area contributed by atoms with E-state index in [4.69, 9.17) is 44.6 Å². The fraction of sp³-hybridized carbons (Fsp3) is 0.391. The van der Waals surface area contributed by atoms with Gasteiger partial charge in [-0.2, -0.15) is 0 Å². The van der Waals surface area contributed by atoms with Crippen molar-refractivity contribution in [2.45, 2.75) is 98.7 Å². The molecule has 1 fully saturated rings. The van der Waals surface area contributed by atoms with Crippen molar-refractivity contribution in [2.75, 3.05) is 13.7 Å². The molecule has 0 aliphatic carbocycles. The Labute approximate surface area is 360 Å². The van der Waals surface area contributed by atoms with Gasteiger partial charge in [-0.1, -0.05) is 48.2 Å². The molecule has 328 valence electrons. The number of nitrogens with zero attached hydrogens (tertiary/aromatic N) is 1. The van der Waals surface area contributed by atoms with Crippen LogP contribution in [0, 0.1) is 11.8 Å². The molecule has 2 aromatic heterocycles. The van der Waals surface area contributed by atoms with Crippen LogP contribution in [0.2, 0.25) is 0 Å². The molecule has 63 heavy (non-hydrogen) atoms. The topological polar surface area (TPSA) is 252 Å². The van der Waals surface area contributed by atoms with Gasteiger partial charge < -0.3 is 74.6 Å². The number of H-pyrrole nitrogens is 1. The number of hydrogen-bond donors (Lipinski definition) is 7. The maximum absolute atomic E-state index is 12.5. The average Bonchev–Trinajstić information content (AvgIpc) is 3.95. The molecular formula is C46H46N4O13. The number of aliphatic hydroxyl groups is 3. The molecule has 9 N–H and O–H groups in total. The first-order chi connectivity index (χ1) is 30.4. The van der Waals surface area contributed by atoms with Gasteiger partial charge in [-0.3, -0.25) is 9.59 Å². The van der Waals surface area contributed by atoms with Gasteiger partial charge in [-0.25, -0.2) is 0 Å². The van der Waals surface area contributed by atoms with E-state index >= 15 is 0 Å². The Hall–Kier alpha value is -6.26. The summed E-state index contributed by atoms with van der Waals surface area (Å²) in [6.07, 6.45) is -6.28. The largest absolute Gasteiger partial charge is 0.493 e. The fourth-order valence-corrected chi connectivity index (χ4v) is 9.82. The maximum atomic E-state index is 12.5. The first-order valence-corrected chi connectivity index (χ1v) is 20.8. The van der Waals surface area contributed by atoms with Crippen molar-refractivity contribution in [3.8, 4) is 40.6 Å². The van der Waals surface area contributed by atoms with E-state index in [-0.39, 0.29) is 18.6 Å². The monoisotopic (exact) mass is 862 g/mol. The summed E-state index contributed by atoms with van der Waals surface area (Å²) in [7, 11) is 1.58. The Kier molecular flexibility index (Phi) is 10.2. The van der Waals surface area contributed by atoms with E-state index in [1.165, 1.54) is 0 Å². The van der Waals surface area contributed by atoms with Crippen LogP contribution in [0.15, 0.2) is 73.2 Å². The highest BCUT2D eigenvalue weighted by atomic mass is 16.7. The Balaban J connectivity index is 1.13. The SMILES string of the molecule is COc1ccc2c3c1OCCC#C[C@@H](c1ccccc1)[C@H]1Oc4cc5c(c(Cn6cc7cc[nH]c7c6)c4[C@H](O3)[C@H]21)CC[C@]1(O)[C@H](O5)O[C@H]([C@H](OC(=O)CC(=O)O)C(N)N)[C@@H](O)[C@@H]1O. The first-order valence-electron chi connectivity index (χ1n) is 20.8. The van der Waals surface area contributed by atoms with Crippen molar-refractivity contribution >= 4 is 22.8 Å². The molecule has 17 nitrogen and oxygen atoms in total. The van der Waals surface area contributed by atoms with Crippen LogP contribution < -0.4 is 35.2 Å². The smallest absolute Gasteiger partial charge is 0.317 e. The van der Waals surface area contributed by atoms with E-state index in [0.717, 1.165) is 33.2 Å². The molecule has 0 spiro atoms. The number of carbonyl (C=O) groups is 2. The lowest BCUT2D eigenvalue weighted by Crippen LogP contribution is -2.71. The summed E-state index contributed by atoms with van der Waals surface area (Å²) in [6.45, 7) is 0.597. The van der Waals surface area contributed by atoms with Crippen LogP contribution in [0.5, 0.6) is 28.7 Å². The zero-order chi connectivity index (χ0) is 43.7. The van der Waals surface area contributed by atoms with Gasteiger partial charge >= 0.3 is 11.9 Å². The number of rotatable bonds is 9. The second kappa shape index (κ2) is 15.8. The highest BCUT2D eigenvalue weighted by Gasteiger charge is 2.60. The van der Waals surface area contributed by atoms with Gasteiger partial charge in [-0.05, 0) is 36.1 Å². The molecule has 3 aromatic carbocycles. The minimum Gasteiger partial charge on any atom is -0.493 e. The second-order valence-corrected chi connectivity index (χ2v) is 16.6. The van der Waals surface area contributed by atoms with Crippen molar-refractivity contribution in [1.82, 2.24) is 9.55 Å². The number of aromatic amines is 1. The number of aliphatic carboxylic acids is 1. The number of aliphatic hydroxyl groups excluding tert-OH is 2.